The van der Waals surface area contributed by atoms with Crippen LogP contribution in [-0.4, -0.2) is 39.6 Å². The molecule has 0 unspecified atom stereocenters. The zero-order valence-corrected chi connectivity index (χ0v) is 10.3. The highest BCUT2D eigenvalue weighted by Gasteiger charge is 2.22. The fraction of sp³-hybridized carbons (Fsp3) is 0.500. The summed E-state index contributed by atoms with van der Waals surface area (Å²) >= 11 is 0. The lowest BCUT2D eigenvalue weighted by molar-refractivity contribution is 0.0314. The molecule has 0 bridgehead atoms. The van der Waals surface area contributed by atoms with E-state index < -0.39 is 11.5 Å². The molecule has 0 atom stereocenters. The number of hydrogen-bond donors (Lipinski definition) is 1. The van der Waals surface area contributed by atoms with Gasteiger partial charge in [-0.25, -0.2) is 4.98 Å². The van der Waals surface area contributed by atoms with Crippen LogP contribution in [0.4, 0.5) is 4.39 Å². The summed E-state index contributed by atoms with van der Waals surface area (Å²) < 4.78 is 12.9. The summed E-state index contributed by atoms with van der Waals surface area (Å²) in [7, 11) is 0. The van der Waals surface area contributed by atoms with Gasteiger partial charge in [-0.15, -0.1) is 0 Å². The second-order valence-corrected chi connectivity index (χ2v) is 4.50. The van der Waals surface area contributed by atoms with Gasteiger partial charge in [0, 0.05) is 30.9 Å². The number of halogens is 1. The number of carbonyl (C=O) groups is 1. The van der Waals surface area contributed by atoms with Crippen LogP contribution in [0.2, 0.25) is 0 Å². The molecule has 4 nitrogen and oxygen atoms in total. The van der Waals surface area contributed by atoms with Gasteiger partial charge in [0.15, 0.2) is 0 Å². The summed E-state index contributed by atoms with van der Waals surface area (Å²) in [5.41, 5.74) is -0.736. The quantitative estimate of drug-likeness (QED) is 0.810. The summed E-state index contributed by atoms with van der Waals surface area (Å²) in [6.45, 7) is 5.70. The van der Waals surface area contributed by atoms with Crippen LogP contribution in [0.5, 0.6) is 0 Å². The van der Waals surface area contributed by atoms with Crippen molar-refractivity contribution >= 4 is 5.91 Å². The van der Waals surface area contributed by atoms with E-state index in [4.69, 9.17) is 0 Å². The minimum absolute atomic E-state index is 0.201. The van der Waals surface area contributed by atoms with E-state index in [1.54, 1.807) is 20.8 Å². The number of aliphatic hydroxyl groups is 1. The minimum atomic E-state index is -0.975. The predicted octanol–water partition coefficient (Wildman–Crippen LogP) is 1.45. The molecule has 17 heavy (non-hydrogen) atoms. The first-order valence-corrected chi connectivity index (χ1v) is 5.46. The van der Waals surface area contributed by atoms with Gasteiger partial charge in [-0.3, -0.25) is 4.79 Å². The average molecular weight is 240 g/mol. The molecular weight excluding hydrogens is 223 g/mol. The van der Waals surface area contributed by atoms with Gasteiger partial charge in [0.25, 0.3) is 5.91 Å². The number of amides is 1. The standard InChI is InChI=1S/C12H17FN2O2/c1-4-15(8-12(2,3)17)11(16)9-5-6-14-10(13)7-9/h5-7,17H,4,8H2,1-3H3. The molecule has 1 amide bonds. The van der Waals surface area contributed by atoms with Crippen LogP contribution < -0.4 is 0 Å². The summed E-state index contributed by atoms with van der Waals surface area (Å²) in [5.74, 6) is -0.994. The van der Waals surface area contributed by atoms with Gasteiger partial charge >= 0.3 is 0 Å². The minimum Gasteiger partial charge on any atom is -0.389 e. The highest BCUT2D eigenvalue weighted by molar-refractivity contribution is 5.94. The van der Waals surface area contributed by atoms with E-state index in [1.165, 1.54) is 17.2 Å². The summed E-state index contributed by atoms with van der Waals surface area (Å²) in [6, 6.07) is 2.55. The van der Waals surface area contributed by atoms with Crippen molar-refractivity contribution in [2.75, 3.05) is 13.1 Å². The van der Waals surface area contributed by atoms with Gasteiger partial charge in [-0.2, -0.15) is 4.39 Å². The number of pyridine rings is 1. The molecule has 0 fully saturated rings. The smallest absolute Gasteiger partial charge is 0.254 e. The van der Waals surface area contributed by atoms with Crippen LogP contribution in [0, 0.1) is 5.95 Å². The van der Waals surface area contributed by atoms with Gasteiger partial charge in [0.2, 0.25) is 5.95 Å². The molecule has 0 aliphatic heterocycles. The largest absolute Gasteiger partial charge is 0.389 e. The number of rotatable bonds is 4. The van der Waals surface area contributed by atoms with Crippen LogP contribution in [0.1, 0.15) is 31.1 Å². The molecule has 5 heteroatoms. The Morgan fingerprint density at radius 3 is 2.71 bits per heavy atom. The van der Waals surface area contributed by atoms with Gasteiger partial charge in [0.05, 0.1) is 5.60 Å². The first-order valence-electron chi connectivity index (χ1n) is 5.46. The first kappa shape index (κ1) is 13.6. The van der Waals surface area contributed by atoms with Crippen molar-refractivity contribution in [2.24, 2.45) is 0 Å². The molecule has 0 saturated carbocycles. The van der Waals surface area contributed by atoms with Crippen molar-refractivity contribution in [2.45, 2.75) is 26.4 Å². The summed E-state index contributed by atoms with van der Waals surface area (Å²) in [4.78, 5) is 16.9. The van der Waals surface area contributed by atoms with E-state index in [9.17, 15) is 14.3 Å². The maximum absolute atomic E-state index is 12.9. The zero-order valence-electron chi connectivity index (χ0n) is 10.3. The Morgan fingerprint density at radius 1 is 1.59 bits per heavy atom. The topological polar surface area (TPSA) is 53.4 Å². The first-order chi connectivity index (χ1) is 7.83. The highest BCUT2D eigenvalue weighted by Crippen LogP contribution is 2.10. The molecule has 0 saturated heterocycles. The third kappa shape index (κ3) is 4.11. The van der Waals surface area contributed by atoms with Gasteiger partial charge < -0.3 is 10.0 Å². The molecule has 0 spiro atoms. The Hall–Kier alpha value is -1.49. The van der Waals surface area contributed by atoms with Crippen molar-refractivity contribution in [3.8, 4) is 0 Å². The molecule has 1 heterocycles. The molecule has 0 aliphatic rings. The monoisotopic (exact) mass is 240 g/mol. The Balaban J connectivity index is 2.87. The van der Waals surface area contributed by atoms with Crippen molar-refractivity contribution < 1.29 is 14.3 Å². The van der Waals surface area contributed by atoms with E-state index in [-0.39, 0.29) is 18.0 Å². The lowest BCUT2D eigenvalue weighted by Gasteiger charge is -2.28. The van der Waals surface area contributed by atoms with E-state index in [1.807, 2.05) is 0 Å². The van der Waals surface area contributed by atoms with Crippen LogP contribution in [0.25, 0.3) is 0 Å². The molecule has 1 N–H and O–H groups in total. The summed E-state index contributed by atoms with van der Waals surface area (Å²) in [5, 5.41) is 9.69. The molecule has 1 aromatic heterocycles. The normalized spacial score (nSPS) is 11.4. The third-order valence-electron chi connectivity index (χ3n) is 2.22. The lowest BCUT2D eigenvalue weighted by atomic mass is 10.1. The van der Waals surface area contributed by atoms with E-state index in [0.717, 1.165) is 6.07 Å². The van der Waals surface area contributed by atoms with E-state index >= 15 is 0 Å². The average Bonchev–Trinajstić information content (AvgIpc) is 2.23. The van der Waals surface area contributed by atoms with Gasteiger partial charge in [0.1, 0.15) is 0 Å². The Labute approximate surface area is 100 Å². The molecular formula is C12H17FN2O2. The van der Waals surface area contributed by atoms with Crippen LogP contribution in [0.3, 0.4) is 0 Å². The maximum atomic E-state index is 12.9. The third-order valence-corrected chi connectivity index (χ3v) is 2.22. The summed E-state index contributed by atoms with van der Waals surface area (Å²) in [6.07, 6.45) is 1.25. The van der Waals surface area contributed by atoms with Crippen molar-refractivity contribution in [1.82, 2.24) is 9.88 Å². The number of aromatic nitrogens is 1. The maximum Gasteiger partial charge on any atom is 0.254 e. The molecule has 0 aromatic carbocycles. The molecule has 94 valence electrons. The van der Waals surface area contributed by atoms with Crippen LogP contribution in [0.15, 0.2) is 18.3 Å². The SMILES string of the molecule is CCN(CC(C)(C)O)C(=O)c1ccnc(F)c1. The van der Waals surface area contributed by atoms with Crippen molar-refractivity contribution in [3.63, 3.8) is 0 Å². The molecule has 1 rings (SSSR count). The van der Waals surface area contributed by atoms with Crippen LogP contribution >= 0.6 is 0 Å². The second-order valence-electron chi connectivity index (χ2n) is 4.50. The Morgan fingerprint density at radius 2 is 2.24 bits per heavy atom. The van der Waals surface area contributed by atoms with E-state index in [0.29, 0.717) is 6.54 Å². The van der Waals surface area contributed by atoms with Gasteiger partial charge in [-0.1, -0.05) is 0 Å². The van der Waals surface area contributed by atoms with E-state index in [2.05, 4.69) is 4.98 Å². The molecule has 0 radical (unpaired) electrons. The fourth-order valence-corrected chi connectivity index (χ4v) is 1.51. The van der Waals surface area contributed by atoms with Crippen molar-refractivity contribution in [1.29, 1.82) is 0 Å². The number of carbonyl (C=O) groups excluding carboxylic acids is 1. The highest BCUT2D eigenvalue weighted by atomic mass is 19.1. The van der Waals surface area contributed by atoms with Crippen LogP contribution in [-0.2, 0) is 0 Å². The lowest BCUT2D eigenvalue weighted by Crippen LogP contribution is -2.42. The second kappa shape index (κ2) is 5.23. The molecule has 0 aliphatic carbocycles. The number of hydrogen-bond acceptors (Lipinski definition) is 3. The fourth-order valence-electron chi connectivity index (χ4n) is 1.51. The predicted molar refractivity (Wildman–Crippen MR) is 62.1 cm³/mol. The Kier molecular flexibility index (Phi) is 4.17. The zero-order chi connectivity index (χ0) is 13.1. The van der Waals surface area contributed by atoms with Gasteiger partial charge in [-0.05, 0) is 26.8 Å². The number of likely N-dealkylation sites (N-methyl/N-ethyl adjacent to an activating group) is 1. The Bertz CT molecular complexity index is 402. The van der Waals surface area contributed by atoms with Crippen molar-refractivity contribution in [3.05, 3.63) is 29.8 Å². The number of nitrogens with zero attached hydrogens (tertiary/aromatic N) is 2. The molecule has 1 aromatic rings.